The monoisotopic (exact) mass is 178 g/mol. The number of nitrogens with two attached hydrogens (primary N) is 1. The Kier molecular flexibility index (Phi) is 5.60. The van der Waals surface area contributed by atoms with E-state index >= 15 is 0 Å². The zero-order valence-electron chi connectivity index (χ0n) is 8.59. The normalized spacial score (nSPS) is 13.8. The molecule has 0 aliphatic rings. The van der Waals surface area contributed by atoms with E-state index in [1.54, 1.807) is 6.08 Å². The number of allylic oxidation sites excluding steroid dienone is 4. The van der Waals surface area contributed by atoms with Crippen LogP contribution in [0.2, 0.25) is 0 Å². The summed E-state index contributed by atoms with van der Waals surface area (Å²) in [7, 11) is 0. The Morgan fingerprint density at radius 3 is 2.38 bits per heavy atom. The predicted molar refractivity (Wildman–Crippen MR) is 58.9 cm³/mol. The summed E-state index contributed by atoms with van der Waals surface area (Å²) in [6.07, 6.45) is 8.23. The van der Waals surface area contributed by atoms with Crippen LogP contribution in [0, 0.1) is 5.41 Å². The maximum Gasteiger partial charge on any atom is 0.0402 e. The third-order valence-electron chi connectivity index (χ3n) is 1.70. The maximum atomic E-state index is 7.46. The van der Waals surface area contributed by atoms with Crippen molar-refractivity contribution >= 4 is 5.71 Å². The van der Waals surface area contributed by atoms with E-state index < -0.39 is 0 Å². The quantitative estimate of drug-likeness (QED) is 0.504. The minimum absolute atomic E-state index is 0.557. The van der Waals surface area contributed by atoms with E-state index in [1.165, 1.54) is 0 Å². The fourth-order valence-corrected chi connectivity index (χ4v) is 0.912. The Morgan fingerprint density at radius 2 is 2.00 bits per heavy atom. The molecule has 0 radical (unpaired) electrons. The fourth-order valence-electron chi connectivity index (χ4n) is 0.912. The Bertz CT molecular complexity index is 257. The lowest BCUT2D eigenvalue weighted by atomic mass is 10.1. The van der Waals surface area contributed by atoms with Gasteiger partial charge in [0.25, 0.3) is 0 Å². The molecule has 13 heavy (non-hydrogen) atoms. The van der Waals surface area contributed by atoms with Crippen LogP contribution in [-0.2, 0) is 0 Å². The first-order valence-electron chi connectivity index (χ1n) is 4.49. The van der Waals surface area contributed by atoms with Crippen LogP contribution in [0.5, 0.6) is 0 Å². The molecule has 0 amide bonds. The van der Waals surface area contributed by atoms with Gasteiger partial charge in [0, 0.05) is 11.4 Å². The molecule has 0 bridgehead atoms. The average Bonchev–Trinajstić information content (AvgIpc) is 2.13. The molecule has 0 aromatic rings. The summed E-state index contributed by atoms with van der Waals surface area (Å²) in [6.45, 7) is 5.82. The summed E-state index contributed by atoms with van der Waals surface area (Å²) in [5.74, 6) is 0. The van der Waals surface area contributed by atoms with Crippen LogP contribution >= 0.6 is 0 Å². The van der Waals surface area contributed by atoms with Crippen LogP contribution in [-0.4, -0.2) is 5.71 Å². The first-order chi connectivity index (χ1) is 6.15. The largest absolute Gasteiger partial charge is 0.398 e. The van der Waals surface area contributed by atoms with Crippen LogP contribution in [0.1, 0.15) is 27.2 Å². The third kappa shape index (κ3) is 4.31. The summed E-state index contributed by atoms with van der Waals surface area (Å²) in [4.78, 5) is 0. The highest BCUT2D eigenvalue weighted by atomic mass is 14.6. The molecule has 2 nitrogen and oxygen atoms in total. The molecule has 0 aromatic heterocycles. The number of hydrogen-bond donors (Lipinski definition) is 2. The van der Waals surface area contributed by atoms with Gasteiger partial charge in [0.2, 0.25) is 0 Å². The Morgan fingerprint density at radius 1 is 1.38 bits per heavy atom. The summed E-state index contributed by atoms with van der Waals surface area (Å²) in [5.41, 5.74) is 7.98. The van der Waals surface area contributed by atoms with Gasteiger partial charge in [0.15, 0.2) is 0 Å². The van der Waals surface area contributed by atoms with Gasteiger partial charge in [-0.2, -0.15) is 0 Å². The zero-order chi connectivity index (χ0) is 10.3. The number of nitrogens with one attached hydrogen (secondary N) is 1. The fraction of sp³-hybridized carbons (Fsp3) is 0.364. The highest BCUT2D eigenvalue weighted by molar-refractivity contribution is 5.93. The van der Waals surface area contributed by atoms with Crippen molar-refractivity contribution in [1.82, 2.24) is 0 Å². The second-order valence-corrected chi connectivity index (χ2v) is 2.72. The van der Waals surface area contributed by atoms with Crippen molar-refractivity contribution in [2.24, 2.45) is 5.73 Å². The van der Waals surface area contributed by atoms with Crippen molar-refractivity contribution in [1.29, 1.82) is 5.41 Å². The highest BCUT2D eigenvalue weighted by Crippen LogP contribution is 2.06. The Balaban J connectivity index is 4.65. The number of rotatable bonds is 4. The molecule has 72 valence electrons. The summed E-state index contributed by atoms with van der Waals surface area (Å²) < 4.78 is 0. The zero-order valence-corrected chi connectivity index (χ0v) is 8.59. The molecule has 0 rings (SSSR count). The second kappa shape index (κ2) is 6.23. The summed E-state index contributed by atoms with van der Waals surface area (Å²) in [5, 5.41) is 7.46. The molecule has 0 saturated carbocycles. The maximum absolute atomic E-state index is 7.46. The van der Waals surface area contributed by atoms with Gasteiger partial charge in [-0.1, -0.05) is 25.2 Å². The summed E-state index contributed by atoms with van der Waals surface area (Å²) in [6, 6.07) is 0. The summed E-state index contributed by atoms with van der Waals surface area (Å²) >= 11 is 0. The highest BCUT2D eigenvalue weighted by Gasteiger charge is 1.95. The van der Waals surface area contributed by atoms with Gasteiger partial charge in [-0.3, -0.25) is 0 Å². The lowest BCUT2D eigenvalue weighted by Crippen LogP contribution is -2.03. The van der Waals surface area contributed by atoms with E-state index in [2.05, 4.69) is 0 Å². The third-order valence-corrected chi connectivity index (χ3v) is 1.70. The van der Waals surface area contributed by atoms with Crippen LogP contribution in [0.4, 0.5) is 0 Å². The van der Waals surface area contributed by atoms with Crippen molar-refractivity contribution < 1.29 is 0 Å². The molecule has 3 N–H and O–H groups in total. The molecule has 0 spiro atoms. The van der Waals surface area contributed by atoms with Crippen molar-refractivity contribution in [3.63, 3.8) is 0 Å². The van der Waals surface area contributed by atoms with Crippen LogP contribution in [0.25, 0.3) is 0 Å². The van der Waals surface area contributed by atoms with Crippen LogP contribution < -0.4 is 5.73 Å². The van der Waals surface area contributed by atoms with Gasteiger partial charge in [0.1, 0.15) is 0 Å². The lowest BCUT2D eigenvalue weighted by Gasteiger charge is -2.01. The van der Waals surface area contributed by atoms with Gasteiger partial charge in [-0.15, -0.1) is 0 Å². The molecule has 0 aliphatic heterocycles. The van der Waals surface area contributed by atoms with Gasteiger partial charge < -0.3 is 11.1 Å². The standard InChI is InChI=1S/C11H18N2/c1-4-7-9(5-2)11(13)8-10(12)6-3/h4-5,7-8,12H,6,13H2,1-3H3/b7-4-,9-5+,11-8-,12-10?. The molecule has 0 aliphatic carbocycles. The molecular weight excluding hydrogens is 160 g/mol. The van der Waals surface area contributed by atoms with Crippen LogP contribution in [0.15, 0.2) is 35.6 Å². The average molecular weight is 178 g/mol. The molecule has 0 aromatic carbocycles. The lowest BCUT2D eigenvalue weighted by molar-refractivity contribution is 1.24. The van der Waals surface area contributed by atoms with Crippen LogP contribution in [0.3, 0.4) is 0 Å². The first-order valence-corrected chi connectivity index (χ1v) is 4.49. The van der Waals surface area contributed by atoms with Crippen molar-refractivity contribution in [3.8, 4) is 0 Å². The number of hydrogen-bond acceptors (Lipinski definition) is 2. The van der Waals surface area contributed by atoms with Crippen molar-refractivity contribution in [2.45, 2.75) is 27.2 Å². The predicted octanol–water partition coefficient (Wildman–Crippen LogP) is 2.78. The van der Waals surface area contributed by atoms with Crippen molar-refractivity contribution in [3.05, 3.63) is 35.6 Å². The van der Waals surface area contributed by atoms with Gasteiger partial charge >= 0.3 is 0 Å². The molecular formula is C11H18N2. The molecule has 0 atom stereocenters. The first kappa shape index (κ1) is 11.7. The molecule has 0 unspecified atom stereocenters. The molecule has 0 heterocycles. The van der Waals surface area contributed by atoms with E-state index in [-0.39, 0.29) is 0 Å². The smallest absolute Gasteiger partial charge is 0.0402 e. The van der Waals surface area contributed by atoms with E-state index in [1.807, 2.05) is 39.0 Å². The topological polar surface area (TPSA) is 49.9 Å². The van der Waals surface area contributed by atoms with Crippen molar-refractivity contribution in [2.75, 3.05) is 0 Å². The van der Waals surface area contributed by atoms with E-state index in [9.17, 15) is 0 Å². The second-order valence-electron chi connectivity index (χ2n) is 2.72. The van der Waals surface area contributed by atoms with E-state index in [0.29, 0.717) is 17.8 Å². The van der Waals surface area contributed by atoms with E-state index in [0.717, 1.165) is 5.57 Å². The Labute approximate surface area is 80.3 Å². The van der Waals surface area contributed by atoms with Gasteiger partial charge in [-0.05, 0) is 31.9 Å². The molecule has 0 fully saturated rings. The minimum atomic E-state index is 0.557. The SMILES string of the molecule is C\C=C/C(=C\C)C(/N)=C/C(=N)CC. The molecule has 2 heteroatoms. The van der Waals surface area contributed by atoms with Gasteiger partial charge in [-0.25, -0.2) is 0 Å². The molecule has 0 saturated heterocycles. The van der Waals surface area contributed by atoms with Gasteiger partial charge in [0.05, 0.1) is 0 Å². The van der Waals surface area contributed by atoms with E-state index in [4.69, 9.17) is 11.1 Å². The minimum Gasteiger partial charge on any atom is -0.398 e. The Hall–Kier alpha value is -1.31.